The second-order valence-electron chi connectivity index (χ2n) is 9.61. The number of ether oxygens (including phenoxy) is 1. The van der Waals surface area contributed by atoms with Crippen LogP contribution in [0, 0.1) is 5.92 Å². The zero-order chi connectivity index (χ0) is 23.9. The molecule has 1 aromatic carbocycles. The smallest absolute Gasteiger partial charge is 0.410 e. The molecule has 2 saturated heterocycles. The summed E-state index contributed by atoms with van der Waals surface area (Å²) in [5.41, 5.74) is 0.569. The first-order valence-electron chi connectivity index (χ1n) is 11.1. The summed E-state index contributed by atoms with van der Waals surface area (Å²) in [4.78, 5) is 64.7. The van der Waals surface area contributed by atoms with E-state index in [2.05, 4.69) is 16.0 Å². The zero-order valence-corrected chi connectivity index (χ0v) is 18.9. The third-order valence-corrected chi connectivity index (χ3v) is 6.33. The lowest BCUT2D eigenvalue weighted by Gasteiger charge is -2.35. The molecule has 2 atom stereocenters. The Morgan fingerprint density at radius 2 is 1.73 bits per heavy atom. The van der Waals surface area contributed by atoms with Crippen LogP contribution in [0.3, 0.4) is 0 Å². The Hall–Kier alpha value is -3.27. The van der Waals surface area contributed by atoms with E-state index in [1.165, 1.54) is 0 Å². The van der Waals surface area contributed by atoms with Crippen LogP contribution >= 0.6 is 0 Å². The number of nitrogens with one attached hydrogen (secondary N) is 3. The highest BCUT2D eigenvalue weighted by molar-refractivity contribution is 6.14. The molecule has 3 N–H and O–H groups in total. The van der Waals surface area contributed by atoms with Crippen LogP contribution in [0.5, 0.6) is 5.75 Å². The Balaban J connectivity index is 1.85. The van der Waals surface area contributed by atoms with Gasteiger partial charge in [0.15, 0.2) is 0 Å². The molecule has 5 amide bonds. The van der Waals surface area contributed by atoms with Crippen LogP contribution < -0.4 is 20.7 Å². The maximum atomic E-state index is 13.1. The number of hydrogen-bond donors (Lipinski definition) is 3. The van der Waals surface area contributed by atoms with Gasteiger partial charge in [-0.2, -0.15) is 0 Å². The van der Waals surface area contributed by atoms with Crippen LogP contribution in [-0.4, -0.2) is 60.8 Å². The molecule has 10 heteroatoms. The highest BCUT2D eigenvalue weighted by atomic mass is 16.6. The molecule has 33 heavy (non-hydrogen) atoms. The van der Waals surface area contributed by atoms with Gasteiger partial charge in [-0.1, -0.05) is 26.8 Å². The molecule has 1 aromatic rings. The van der Waals surface area contributed by atoms with Crippen molar-refractivity contribution in [1.82, 2.24) is 20.9 Å². The first-order chi connectivity index (χ1) is 15.6. The number of piperidine rings is 1. The number of rotatable bonds is 2. The molecular formula is C23H28N4O6. The van der Waals surface area contributed by atoms with E-state index in [1.54, 1.807) is 17.0 Å². The number of piperazine rings is 1. The van der Waals surface area contributed by atoms with Crippen LogP contribution in [0.4, 0.5) is 4.79 Å². The fourth-order valence-electron chi connectivity index (χ4n) is 4.61. The van der Waals surface area contributed by atoms with Crippen LogP contribution in [0.2, 0.25) is 0 Å². The van der Waals surface area contributed by atoms with Crippen molar-refractivity contribution in [2.24, 2.45) is 5.92 Å². The van der Waals surface area contributed by atoms with E-state index in [1.807, 2.05) is 20.8 Å². The van der Waals surface area contributed by atoms with E-state index >= 15 is 0 Å². The summed E-state index contributed by atoms with van der Waals surface area (Å²) in [5, 5.41) is 7.77. The number of fused-ring (bicyclic) bond motifs is 1. The maximum absolute atomic E-state index is 13.1. The van der Waals surface area contributed by atoms with Crippen molar-refractivity contribution < 1.29 is 28.7 Å². The van der Waals surface area contributed by atoms with Crippen LogP contribution in [-0.2, 0) is 19.8 Å². The standard InChI is InChI=1S/C23H28N4O6/c1-23(2,3)14-6-4-12-16(18(14)33-22(32)27-10-8-24-9-11-27)17(21(31)26-20(12)30)13-5-7-15(28)25-19(13)29/h4,6,13,17,24H,5,7-11H2,1-3H3,(H,25,28,29)(H,26,30,31). The predicted octanol–water partition coefficient (Wildman–Crippen LogP) is 0.795. The van der Waals surface area contributed by atoms with Crippen molar-refractivity contribution in [2.75, 3.05) is 26.2 Å². The fraction of sp³-hybridized carbons (Fsp3) is 0.522. The van der Waals surface area contributed by atoms with Gasteiger partial charge in [-0.15, -0.1) is 0 Å². The van der Waals surface area contributed by atoms with Gasteiger partial charge in [-0.05, 0) is 17.9 Å². The summed E-state index contributed by atoms with van der Waals surface area (Å²) >= 11 is 0. The maximum Gasteiger partial charge on any atom is 0.415 e. The second-order valence-corrected chi connectivity index (χ2v) is 9.61. The number of carbonyl (C=O) groups is 5. The number of nitrogens with zero attached hydrogens (tertiary/aromatic N) is 1. The van der Waals surface area contributed by atoms with Gasteiger partial charge in [-0.3, -0.25) is 29.8 Å². The van der Waals surface area contributed by atoms with Crippen molar-refractivity contribution in [2.45, 2.75) is 44.9 Å². The van der Waals surface area contributed by atoms with E-state index in [9.17, 15) is 24.0 Å². The normalized spacial score (nSPS) is 23.5. The van der Waals surface area contributed by atoms with Gasteiger partial charge >= 0.3 is 6.09 Å². The van der Waals surface area contributed by atoms with Crippen LogP contribution in [0.1, 0.15) is 61.0 Å². The minimum absolute atomic E-state index is 0.0817. The fourth-order valence-corrected chi connectivity index (χ4v) is 4.61. The summed E-state index contributed by atoms with van der Waals surface area (Å²) in [6.45, 7) is 8.00. The van der Waals surface area contributed by atoms with Gasteiger partial charge in [0.25, 0.3) is 5.91 Å². The quantitative estimate of drug-likeness (QED) is 0.560. The largest absolute Gasteiger partial charge is 0.415 e. The summed E-state index contributed by atoms with van der Waals surface area (Å²) < 4.78 is 5.91. The molecule has 3 heterocycles. The Labute approximate surface area is 191 Å². The molecule has 0 radical (unpaired) electrons. The van der Waals surface area contributed by atoms with Gasteiger partial charge in [0.1, 0.15) is 5.75 Å². The van der Waals surface area contributed by atoms with Gasteiger partial charge in [-0.25, -0.2) is 4.79 Å². The minimum atomic E-state index is -1.07. The summed E-state index contributed by atoms with van der Waals surface area (Å²) in [5.74, 6) is -4.04. The number of carbonyl (C=O) groups excluding carboxylic acids is 5. The zero-order valence-electron chi connectivity index (χ0n) is 18.9. The summed E-state index contributed by atoms with van der Waals surface area (Å²) in [7, 11) is 0. The number of benzene rings is 1. The Bertz CT molecular complexity index is 1040. The molecule has 3 aliphatic rings. The van der Waals surface area contributed by atoms with E-state index in [0.29, 0.717) is 31.7 Å². The second kappa shape index (κ2) is 8.58. The van der Waals surface area contributed by atoms with Gasteiger partial charge in [0, 0.05) is 49.3 Å². The lowest BCUT2D eigenvalue weighted by Crippen LogP contribution is -2.50. The molecular weight excluding hydrogens is 428 g/mol. The average Bonchev–Trinajstić information content (AvgIpc) is 2.75. The van der Waals surface area contributed by atoms with Gasteiger partial charge < -0.3 is 15.0 Å². The molecule has 3 aliphatic heterocycles. The van der Waals surface area contributed by atoms with Gasteiger partial charge in [0.2, 0.25) is 17.7 Å². The predicted molar refractivity (Wildman–Crippen MR) is 117 cm³/mol. The third-order valence-electron chi connectivity index (χ3n) is 6.33. The van der Waals surface area contributed by atoms with Crippen molar-refractivity contribution in [3.8, 4) is 5.75 Å². The third kappa shape index (κ3) is 4.35. The molecule has 4 rings (SSSR count). The topological polar surface area (TPSA) is 134 Å². The molecule has 2 fully saturated rings. The highest BCUT2D eigenvalue weighted by Crippen LogP contribution is 2.45. The van der Waals surface area contributed by atoms with Gasteiger partial charge in [0.05, 0.1) is 11.8 Å². The summed E-state index contributed by atoms with van der Waals surface area (Å²) in [6.07, 6.45) is -0.338. The van der Waals surface area contributed by atoms with Crippen molar-refractivity contribution >= 4 is 29.7 Å². The average molecular weight is 456 g/mol. The monoisotopic (exact) mass is 456 g/mol. The summed E-state index contributed by atoms with van der Waals surface area (Å²) in [6, 6.07) is 3.31. The lowest BCUT2D eigenvalue weighted by atomic mass is 9.73. The van der Waals surface area contributed by atoms with Crippen molar-refractivity contribution in [1.29, 1.82) is 0 Å². The molecule has 2 unspecified atom stereocenters. The van der Waals surface area contributed by atoms with Crippen LogP contribution in [0.25, 0.3) is 0 Å². The molecule has 10 nitrogen and oxygen atoms in total. The SMILES string of the molecule is CC(C)(C)c1ccc2c(c1OC(=O)N1CCNCC1)C(C1CCC(=O)NC1=O)C(=O)NC2=O. The number of hydrogen-bond acceptors (Lipinski definition) is 7. The number of amides is 5. The minimum Gasteiger partial charge on any atom is -0.410 e. The molecule has 0 aliphatic carbocycles. The lowest BCUT2D eigenvalue weighted by molar-refractivity contribution is -0.140. The van der Waals surface area contributed by atoms with E-state index < -0.39 is 47.0 Å². The first-order valence-corrected chi connectivity index (χ1v) is 11.1. The Morgan fingerprint density at radius 1 is 1.03 bits per heavy atom. The highest BCUT2D eigenvalue weighted by Gasteiger charge is 2.46. The molecule has 0 spiro atoms. The van der Waals surface area contributed by atoms with E-state index in [-0.39, 0.29) is 29.7 Å². The van der Waals surface area contributed by atoms with Crippen molar-refractivity contribution in [3.63, 3.8) is 0 Å². The van der Waals surface area contributed by atoms with E-state index in [0.717, 1.165) is 0 Å². The molecule has 0 bridgehead atoms. The molecule has 0 aromatic heterocycles. The molecule has 0 saturated carbocycles. The van der Waals surface area contributed by atoms with Crippen LogP contribution in [0.15, 0.2) is 12.1 Å². The Morgan fingerprint density at radius 3 is 2.36 bits per heavy atom. The van der Waals surface area contributed by atoms with E-state index in [4.69, 9.17) is 4.74 Å². The Kier molecular flexibility index (Phi) is 5.96. The molecule has 176 valence electrons. The first kappa shape index (κ1) is 22.9. The number of imide groups is 2. The van der Waals surface area contributed by atoms with Crippen molar-refractivity contribution in [3.05, 3.63) is 28.8 Å².